The van der Waals surface area contributed by atoms with Crippen molar-refractivity contribution < 1.29 is 31.8 Å². The highest BCUT2D eigenvalue weighted by atomic mass is 19.3. The van der Waals surface area contributed by atoms with E-state index in [0.29, 0.717) is 5.75 Å². The van der Waals surface area contributed by atoms with Crippen LogP contribution in [0.15, 0.2) is 72.8 Å². The molecule has 4 rings (SSSR count). The molecule has 1 atom stereocenters. The number of methoxy groups -OCH3 is 3. The predicted octanol–water partition coefficient (Wildman–Crippen LogP) is 14.7. The van der Waals surface area contributed by atoms with Gasteiger partial charge in [-0.3, -0.25) is 0 Å². The van der Waals surface area contributed by atoms with E-state index in [1.54, 1.807) is 46.5 Å². The maximum atomic E-state index is 13.2. The molecule has 0 fully saturated rings. The maximum Gasteiger partial charge on any atom is 0.263 e. The molecule has 0 bridgehead atoms. The Balaban J connectivity index is 0.000000367. The number of hydrogen-bond donors (Lipinski definition) is 0. The SMILES string of the molecule is CC(F)c1cccc(C(C)(C)C)c1.COc1cc(F)cc(C(C)(C)C)c1C.COc1cc(OC)cc(C(C)(C)C)c1.Cc1cc(C(F)F)cc(C(C)(C)C)c1. The summed E-state index contributed by atoms with van der Waals surface area (Å²) in [4.78, 5) is 0. The van der Waals surface area contributed by atoms with E-state index >= 15 is 0 Å². The molecule has 0 aliphatic heterocycles. The van der Waals surface area contributed by atoms with Crippen LogP contribution in [0.25, 0.3) is 0 Å². The van der Waals surface area contributed by atoms with Gasteiger partial charge in [0.15, 0.2) is 0 Å². The number of aryl methyl sites for hydroxylation is 1. The summed E-state index contributed by atoms with van der Waals surface area (Å²) in [7, 11) is 4.90. The van der Waals surface area contributed by atoms with Crippen LogP contribution in [0, 0.1) is 19.7 Å². The van der Waals surface area contributed by atoms with Crippen molar-refractivity contribution in [3.8, 4) is 17.2 Å². The van der Waals surface area contributed by atoms with Crippen LogP contribution in [0.2, 0.25) is 0 Å². The lowest BCUT2D eigenvalue weighted by molar-refractivity contribution is 0.151. The summed E-state index contributed by atoms with van der Waals surface area (Å²) in [6, 6.07) is 21.8. The minimum absolute atomic E-state index is 0.0561. The molecule has 4 aromatic carbocycles. The Labute approximate surface area is 330 Å². The average Bonchev–Trinajstić information content (AvgIpc) is 3.07. The summed E-state index contributed by atoms with van der Waals surface area (Å²) in [6.07, 6.45) is -3.25. The molecule has 0 aliphatic carbocycles. The quantitative estimate of drug-likeness (QED) is 0.189. The van der Waals surface area contributed by atoms with Gasteiger partial charge >= 0.3 is 0 Å². The average molecular weight is 769 g/mol. The summed E-state index contributed by atoms with van der Waals surface area (Å²) in [6.45, 7) is 30.5. The Morgan fingerprint density at radius 1 is 0.509 bits per heavy atom. The number of alkyl halides is 3. The molecule has 1 unspecified atom stereocenters. The normalized spacial score (nSPS) is 12.3. The van der Waals surface area contributed by atoms with Crippen LogP contribution in [-0.4, -0.2) is 21.3 Å². The van der Waals surface area contributed by atoms with Gasteiger partial charge in [-0.15, -0.1) is 0 Å². The lowest BCUT2D eigenvalue weighted by atomic mass is 9.84. The first-order valence-electron chi connectivity index (χ1n) is 18.8. The molecule has 3 nitrogen and oxygen atoms in total. The second kappa shape index (κ2) is 20.2. The van der Waals surface area contributed by atoms with Crippen LogP contribution in [0.5, 0.6) is 17.2 Å². The van der Waals surface area contributed by atoms with E-state index in [-0.39, 0.29) is 33.0 Å². The Kier molecular flexibility index (Phi) is 18.0. The fourth-order valence-corrected chi connectivity index (χ4v) is 5.51. The highest BCUT2D eigenvalue weighted by Gasteiger charge is 2.20. The zero-order valence-corrected chi connectivity index (χ0v) is 36.8. The first kappa shape index (κ1) is 49.0. The third-order valence-corrected chi connectivity index (χ3v) is 9.00. The molecule has 0 saturated heterocycles. The molecule has 0 amide bonds. The Morgan fingerprint density at radius 2 is 0.982 bits per heavy atom. The first-order chi connectivity index (χ1) is 25.0. The van der Waals surface area contributed by atoms with E-state index in [2.05, 4.69) is 62.3 Å². The highest BCUT2D eigenvalue weighted by molar-refractivity contribution is 5.43. The smallest absolute Gasteiger partial charge is 0.263 e. The zero-order valence-electron chi connectivity index (χ0n) is 36.8. The van der Waals surface area contributed by atoms with Gasteiger partial charge in [-0.05, 0) is 100 Å². The van der Waals surface area contributed by atoms with Crippen molar-refractivity contribution in [2.75, 3.05) is 21.3 Å². The molecular weight excluding hydrogens is 701 g/mol. The van der Waals surface area contributed by atoms with Gasteiger partial charge in [-0.2, -0.15) is 0 Å². The second-order valence-electron chi connectivity index (χ2n) is 18.1. The molecule has 0 aromatic heterocycles. The van der Waals surface area contributed by atoms with E-state index in [4.69, 9.17) is 14.2 Å². The summed E-state index contributed by atoms with van der Waals surface area (Å²) >= 11 is 0. The van der Waals surface area contributed by atoms with Crippen LogP contribution in [-0.2, 0) is 21.7 Å². The fourth-order valence-electron chi connectivity index (χ4n) is 5.51. The maximum absolute atomic E-state index is 13.2. The Bertz CT molecular complexity index is 1750. The lowest BCUT2D eigenvalue weighted by Crippen LogP contribution is -2.14. The van der Waals surface area contributed by atoms with Gasteiger partial charge < -0.3 is 14.2 Å². The number of halogens is 4. The van der Waals surface area contributed by atoms with Gasteiger partial charge in [0, 0.05) is 17.7 Å². The molecule has 0 saturated carbocycles. The van der Waals surface area contributed by atoms with Gasteiger partial charge in [-0.25, -0.2) is 17.6 Å². The summed E-state index contributed by atoms with van der Waals surface area (Å²) in [5, 5.41) is 0. The number of rotatable bonds is 5. The van der Waals surface area contributed by atoms with Gasteiger partial charge in [0.25, 0.3) is 6.43 Å². The first-order valence-corrected chi connectivity index (χ1v) is 18.8. The second-order valence-corrected chi connectivity index (χ2v) is 18.1. The van der Waals surface area contributed by atoms with Crippen molar-refractivity contribution in [3.63, 3.8) is 0 Å². The van der Waals surface area contributed by atoms with E-state index in [1.165, 1.54) is 17.2 Å². The van der Waals surface area contributed by atoms with Crippen molar-refractivity contribution in [1.29, 1.82) is 0 Å². The molecule has 0 heterocycles. The van der Waals surface area contributed by atoms with Crippen molar-refractivity contribution in [2.24, 2.45) is 0 Å². The van der Waals surface area contributed by atoms with Crippen molar-refractivity contribution in [1.82, 2.24) is 0 Å². The third-order valence-electron chi connectivity index (χ3n) is 9.00. The molecule has 0 N–H and O–H groups in total. The standard InChI is InChI=1S/C12H16F2.C12H17FO.C12H17F.C12H18O2/c1-8-5-9(11(13)14)7-10(6-8)12(2,3)4;1-8-10(12(2,3)4)6-9(13)7-11(8)14-5;1-9(13)10-6-5-7-11(8-10)12(2,3)4;1-12(2,3)9-6-10(13-4)8-11(7-9)14-5/h5-7,11H,1-4H3;6-7H,1-5H3;5-9H,1-4H3;6-8H,1-5H3. The third kappa shape index (κ3) is 16.3. The predicted molar refractivity (Wildman–Crippen MR) is 224 cm³/mol. The van der Waals surface area contributed by atoms with Crippen LogP contribution in [0.4, 0.5) is 17.6 Å². The molecule has 0 spiro atoms. The van der Waals surface area contributed by atoms with Gasteiger partial charge in [0.1, 0.15) is 29.2 Å². The van der Waals surface area contributed by atoms with Crippen molar-refractivity contribution in [2.45, 2.75) is 138 Å². The van der Waals surface area contributed by atoms with Gasteiger partial charge in [-0.1, -0.05) is 125 Å². The lowest BCUT2D eigenvalue weighted by Gasteiger charge is -2.23. The molecule has 0 radical (unpaired) electrons. The Morgan fingerprint density at radius 3 is 1.38 bits per heavy atom. The monoisotopic (exact) mass is 769 g/mol. The number of ether oxygens (including phenoxy) is 3. The van der Waals surface area contributed by atoms with Crippen LogP contribution in [0.1, 0.15) is 147 Å². The minimum atomic E-state index is -2.38. The van der Waals surface area contributed by atoms with Gasteiger partial charge in [0.2, 0.25) is 0 Å². The highest BCUT2D eigenvalue weighted by Crippen LogP contribution is 2.33. The molecular formula is C48H68F4O3. The van der Waals surface area contributed by atoms with Crippen LogP contribution >= 0.6 is 0 Å². The zero-order chi connectivity index (χ0) is 42.7. The molecule has 306 valence electrons. The van der Waals surface area contributed by atoms with Crippen LogP contribution < -0.4 is 14.2 Å². The molecule has 0 aliphatic rings. The van der Waals surface area contributed by atoms with E-state index in [9.17, 15) is 17.6 Å². The van der Waals surface area contributed by atoms with Crippen molar-refractivity contribution in [3.05, 3.63) is 123 Å². The molecule has 4 aromatic rings. The van der Waals surface area contributed by atoms with Gasteiger partial charge in [0.05, 0.1) is 21.3 Å². The molecule has 55 heavy (non-hydrogen) atoms. The van der Waals surface area contributed by atoms with E-state index in [0.717, 1.165) is 39.3 Å². The Hall–Kier alpha value is -4.00. The van der Waals surface area contributed by atoms with E-state index < -0.39 is 12.6 Å². The molecule has 7 heteroatoms. The topological polar surface area (TPSA) is 27.7 Å². The number of benzene rings is 4. The van der Waals surface area contributed by atoms with Crippen LogP contribution in [0.3, 0.4) is 0 Å². The fraction of sp³-hybridized carbons (Fsp3) is 0.500. The minimum Gasteiger partial charge on any atom is -0.497 e. The number of hydrogen-bond acceptors (Lipinski definition) is 3. The van der Waals surface area contributed by atoms with E-state index in [1.807, 2.05) is 83.1 Å². The summed E-state index contributed by atoms with van der Waals surface area (Å²) < 4.78 is 66.8. The summed E-state index contributed by atoms with van der Waals surface area (Å²) in [5.74, 6) is 2.07. The largest absolute Gasteiger partial charge is 0.497 e. The summed E-state index contributed by atoms with van der Waals surface area (Å²) in [5.41, 5.74) is 7.25. The van der Waals surface area contributed by atoms with Crippen molar-refractivity contribution >= 4 is 0 Å².